The number of aromatic nitrogens is 1. The van der Waals surface area contributed by atoms with E-state index in [9.17, 15) is 9.59 Å². The van der Waals surface area contributed by atoms with Gasteiger partial charge in [0, 0.05) is 16.6 Å². The maximum absolute atomic E-state index is 13.4. The van der Waals surface area contributed by atoms with Gasteiger partial charge in [-0.25, -0.2) is 9.78 Å². The lowest BCUT2D eigenvalue weighted by molar-refractivity contribution is 0.0505. The van der Waals surface area contributed by atoms with Crippen LogP contribution in [0.4, 0.5) is 5.69 Å². The molecule has 0 spiro atoms. The third-order valence-corrected chi connectivity index (χ3v) is 5.38. The number of anilines is 1. The highest BCUT2D eigenvalue weighted by atomic mass is 16.5. The molecule has 0 unspecified atom stereocenters. The lowest BCUT2D eigenvalue weighted by Gasteiger charge is -2.13. The summed E-state index contributed by atoms with van der Waals surface area (Å²) in [7, 11) is 0. The van der Waals surface area contributed by atoms with E-state index in [4.69, 9.17) is 9.72 Å². The van der Waals surface area contributed by atoms with Crippen LogP contribution >= 0.6 is 0 Å². The maximum atomic E-state index is 13.4. The molecule has 0 atom stereocenters. The zero-order valence-corrected chi connectivity index (χ0v) is 19.0. The molecule has 0 radical (unpaired) electrons. The summed E-state index contributed by atoms with van der Waals surface area (Å²) < 4.78 is 5.16. The molecule has 5 nitrogen and oxygen atoms in total. The Kier molecular flexibility index (Phi) is 6.50. The summed E-state index contributed by atoms with van der Waals surface area (Å²) in [6.45, 7) is 6.35. The van der Waals surface area contributed by atoms with Crippen molar-refractivity contribution in [3.8, 4) is 11.3 Å². The van der Waals surface area contributed by atoms with Gasteiger partial charge in [-0.2, -0.15) is 0 Å². The number of fused-ring (bicyclic) bond motifs is 1. The van der Waals surface area contributed by atoms with Crippen molar-refractivity contribution in [3.63, 3.8) is 0 Å². The first-order valence-corrected chi connectivity index (χ1v) is 11.0. The van der Waals surface area contributed by atoms with Crippen molar-refractivity contribution in [1.82, 2.24) is 4.98 Å². The average Bonchev–Trinajstić information content (AvgIpc) is 2.83. The van der Waals surface area contributed by atoms with Gasteiger partial charge in [0.2, 0.25) is 0 Å². The summed E-state index contributed by atoms with van der Waals surface area (Å²) in [4.78, 5) is 30.2. The van der Waals surface area contributed by atoms with E-state index < -0.39 is 0 Å². The van der Waals surface area contributed by atoms with Crippen molar-refractivity contribution in [2.45, 2.75) is 27.2 Å². The highest BCUT2D eigenvalue weighted by Gasteiger charge is 2.16. The number of nitrogens with zero attached hydrogens (tertiary/aromatic N) is 1. The van der Waals surface area contributed by atoms with Gasteiger partial charge < -0.3 is 10.1 Å². The van der Waals surface area contributed by atoms with Crippen LogP contribution in [-0.4, -0.2) is 23.5 Å². The molecule has 1 heterocycles. The van der Waals surface area contributed by atoms with Crippen LogP contribution in [0.2, 0.25) is 0 Å². The molecule has 0 aliphatic rings. The zero-order valence-electron chi connectivity index (χ0n) is 19.0. The van der Waals surface area contributed by atoms with Crippen LogP contribution in [0.15, 0.2) is 72.8 Å². The van der Waals surface area contributed by atoms with Crippen molar-refractivity contribution in [1.29, 1.82) is 0 Å². The SMILES string of the molecule is CCCOC(=O)c1ccc(NC(=O)c2cc(-c3ccccc3)nc3c(C)cc(C)cc23)cc1. The average molecular weight is 439 g/mol. The normalized spacial score (nSPS) is 10.8. The largest absolute Gasteiger partial charge is 0.462 e. The van der Waals surface area contributed by atoms with Crippen LogP contribution in [0, 0.1) is 13.8 Å². The van der Waals surface area contributed by atoms with Crippen LogP contribution in [0.1, 0.15) is 45.2 Å². The number of amides is 1. The van der Waals surface area contributed by atoms with Gasteiger partial charge in [-0.05, 0) is 62.2 Å². The zero-order chi connectivity index (χ0) is 23.4. The van der Waals surface area contributed by atoms with Gasteiger partial charge in [0.1, 0.15) is 0 Å². The molecule has 0 fully saturated rings. The summed E-state index contributed by atoms with van der Waals surface area (Å²) in [6, 6.07) is 22.4. The Morgan fingerprint density at radius 2 is 1.67 bits per heavy atom. The second kappa shape index (κ2) is 9.65. The van der Waals surface area contributed by atoms with E-state index in [-0.39, 0.29) is 11.9 Å². The first-order valence-electron chi connectivity index (χ1n) is 11.0. The molecule has 0 saturated heterocycles. The van der Waals surface area contributed by atoms with Gasteiger partial charge in [-0.3, -0.25) is 4.79 Å². The minimum absolute atomic E-state index is 0.231. The van der Waals surface area contributed by atoms with E-state index in [1.165, 1.54) is 0 Å². The second-order valence-electron chi connectivity index (χ2n) is 8.07. The molecule has 3 aromatic carbocycles. The van der Waals surface area contributed by atoms with E-state index in [1.54, 1.807) is 24.3 Å². The monoisotopic (exact) mass is 438 g/mol. The highest BCUT2D eigenvalue weighted by Crippen LogP contribution is 2.28. The van der Waals surface area contributed by atoms with E-state index >= 15 is 0 Å². The number of esters is 1. The van der Waals surface area contributed by atoms with Crippen molar-refractivity contribution < 1.29 is 14.3 Å². The Balaban J connectivity index is 1.69. The molecule has 0 bridgehead atoms. The quantitative estimate of drug-likeness (QED) is 0.357. The predicted molar refractivity (Wildman–Crippen MR) is 132 cm³/mol. The van der Waals surface area contributed by atoms with Crippen LogP contribution in [0.5, 0.6) is 0 Å². The molecule has 5 heteroatoms. The van der Waals surface area contributed by atoms with Gasteiger partial charge in [0.15, 0.2) is 0 Å². The van der Waals surface area contributed by atoms with Crippen molar-refractivity contribution in [2.24, 2.45) is 0 Å². The van der Waals surface area contributed by atoms with Gasteiger partial charge in [-0.1, -0.05) is 48.9 Å². The molecular formula is C28H26N2O3. The fourth-order valence-electron chi connectivity index (χ4n) is 3.79. The van der Waals surface area contributed by atoms with Crippen LogP contribution in [0.3, 0.4) is 0 Å². The van der Waals surface area contributed by atoms with E-state index in [2.05, 4.69) is 11.4 Å². The fourth-order valence-corrected chi connectivity index (χ4v) is 3.79. The third-order valence-electron chi connectivity index (χ3n) is 5.38. The molecule has 0 saturated carbocycles. The topological polar surface area (TPSA) is 68.3 Å². The van der Waals surface area contributed by atoms with Crippen molar-refractivity contribution >= 4 is 28.5 Å². The van der Waals surface area contributed by atoms with Gasteiger partial charge >= 0.3 is 5.97 Å². The van der Waals surface area contributed by atoms with Gasteiger partial charge in [0.05, 0.1) is 28.9 Å². The summed E-state index contributed by atoms with van der Waals surface area (Å²) >= 11 is 0. The number of nitrogens with one attached hydrogen (secondary N) is 1. The van der Waals surface area contributed by atoms with E-state index in [0.717, 1.165) is 39.7 Å². The number of benzene rings is 3. The summed E-state index contributed by atoms with van der Waals surface area (Å²) in [5.41, 5.74) is 6.19. The van der Waals surface area contributed by atoms with Gasteiger partial charge in [0.25, 0.3) is 5.91 Å². The van der Waals surface area contributed by atoms with E-state index in [1.807, 2.05) is 63.2 Å². The summed E-state index contributed by atoms with van der Waals surface area (Å²) in [6.07, 6.45) is 0.768. The minimum atomic E-state index is -0.367. The number of pyridine rings is 1. The molecular weight excluding hydrogens is 412 g/mol. The number of rotatable bonds is 6. The van der Waals surface area contributed by atoms with Gasteiger partial charge in [-0.15, -0.1) is 0 Å². The minimum Gasteiger partial charge on any atom is -0.462 e. The molecule has 0 aliphatic heterocycles. The Labute approximate surface area is 193 Å². The van der Waals surface area contributed by atoms with Crippen LogP contribution in [0.25, 0.3) is 22.2 Å². The standard InChI is InChI=1S/C28H26N2O3/c1-4-14-33-28(32)21-10-12-22(13-11-21)29-27(31)24-17-25(20-8-6-5-7-9-20)30-26-19(3)15-18(2)16-23(24)26/h5-13,15-17H,4,14H2,1-3H3,(H,29,31). The Morgan fingerprint density at radius 1 is 0.939 bits per heavy atom. The van der Waals surface area contributed by atoms with E-state index in [0.29, 0.717) is 23.4 Å². The predicted octanol–water partition coefficient (Wildman–Crippen LogP) is 6.34. The fraction of sp³-hybridized carbons (Fsp3) is 0.179. The number of hydrogen-bond acceptors (Lipinski definition) is 4. The number of carbonyl (C=O) groups is 2. The molecule has 33 heavy (non-hydrogen) atoms. The molecule has 4 aromatic rings. The second-order valence-corrected chi connectivity index (χ2v) is 8.07. The Bertz CT molecular complexity index is 1310. The Morgan fingerprint density at radius 3 is 2.36 bits per heavy atom. The number of aryl methyl sites for hydroxylation is 2. The van der Waals surface area contributed by atoms with Crippen molar-refractivity contribution in [2.75, 3.05) is 11.9 Å². The third kappa shape index (κ3) is 4.93. The van der Waals surface area contributed by atoms with Crippen LogP contribution < -0.4 is 5.32 Å². The molecule has 1 N–H and O–H groups in total. The number of ether oxygens (including phenoxy) is 1. The molecule has 1 aromatic heterocycles. The first-order chi connectivity index (χ1) is 16.0. The number of hydrogen-bond donors (Lipinski definition) is 1. The lowest BCUT2D eigenvalue weighted by atomic mass is 9.99. The van der Waals surface area contributed by atoms with Crippen molar-refractivity contribution in [3.05, 3.63) is 95.1 Å². The molecule has 0 aliphatic carbocycles. The first kappa shape index (κ1) is 22.2. The lowest BCUT2D eigenvalue weighted by Crippen LogP contribution is -2.14. The molecule has 166 valence electrons. The van der Waals surface area contributed by atoms with Crippen LogP contribution in [-0.2, 0) is 4.74 Å². The molecule has 1 amide bonds. The maximum Gasteiger partial charge on any atom is 0.338 e. The molecule has 4 rings (SSSR count). The highest BCUT2D eigenvalue weighted by molar-refractivity contribution is 6.13. The Hall–Kier alpha value is -3.99. The number of carbonyl (C=O) groups excluding carboxylic acids is 2. The summed E-state index contributed by atoms with van der Waals surface area (Å²) in [5, 5.41) is 3.77. The summed E-state index contributed by atoms with van der Waals surface area (Å²) in [5.74, 6) is -0.598. The smallest absolute Gasteiger partial charge is 0.338 e.